The van der Waals surface area contributed by atoms with Crippen LogP contribution in [0.5, 0.6) is 0 Å². The molecule has 0 fully saturated rings. The number of hydrogen-bond donors (Lipinski definition) is 0. The van der Waals surface area contributed by atoms with Crippen molar-refractivity contribution in [3.05, 3.63) is 96.4 Å². The molecule has 24 heavy (non-hydrogen) atoms. The van der Waals surface area contributed by atoms with E-state index in [9.17, 15) is 0 Å². The molecule has 0 aliphatic heterocycles. The van der Waals surface area contributed by atoms with E-state index in [-0.39, 0.29) is 0 Å². The van der Waals surface area contributed by atoms with Crippen LogP contribution in [0.1, 0.15) is 17.0 Å². The number of aromatic nitrogens is 2. The molecule has 1 heterocycles. The van der Waals surface area contributed by atoms with Crippen molar-refractivity contribution in [2.75, 3.05) is 0 Å². The van der Waals surface area contributed by atoms with Crippen molar-refractivity contribution in [2.24, 2.45) is 0 Å². The second kappa shape index (κ2) is 7.14. The van der Waals surface area contributed by atoms with Gasteiger partial charge in [0.1, 0.15) is 5.82 Å². The minimum absolute atomic E-state index is 0.802. The number of aryl methyl sites for hydroxylation is 1. The maximum Gasteiger partial charge on any atom is 0.145 e. The van der Waals surface area contributed by atoms with Crippen LogP contribution in [-0.4, -0.2) is 9.55 Å². The largest absolute Gasteiger partial charge is 0.297 e. The summed E-state index contributed by atoms with van der Waals surface area (Å²) in [5.41, 5.74) is 5.78. The van der Waals surface area contributed by atoms with Gasteiger partial charge in [0, 0.05) is 23.4 Å². The van der Waals surface area contributed by atoms with Gasteiger partial charge in [0.05, 0.1) is 5.69 Å². The first-order chi connectivity index (χ1) is 11.7. The summed E-state index contributed by atoms with van der Waals surface area (Å²) < 4.78 is 2.24. The zero-order chi connectivity index (χ0) is 16.9. The van der Waals surface area contributed by atoms with Crippen LogP contribution in [0.3, 0.4) is 0 Å². The molecule has 0 saturated heterocycles. The molecule has 0 bridgehead atoms. The Kier molecular flexibility index (Phi) is 4.76. The topological polar surface area (TPSA) is 17.8 Å². The van der Waals surface area contributed by atoms with E-state index in [4.69, 9.17) is 4.98 Å². The zero-order valence-electron chi connectivity index (χ0n) is 14.2. The molecule has 0 amide bonds. The lowest BCUT2D eigenvalue weighted by Crippen LogP contribution is -2.00. The van der Waals surface area contributed by atoms with Crippen LogP contribution in [0.15, 0.2) is 79.4 Å². The number of para-hydroxylation sites is 1. The van der Waals surface area contributed by atoms with Gasteiger partial charge in [0.15, 0.2) is 0 Å². The summed E-state index contributed by atoms with van der Waals surface area (Å²) in [6.45, 7) is 7.98. The van der Waals surface area contributed by atoms with Crippen molar-refractivity contribution in [1.82, 2.24) is 9.55 Å². The van der Waals surface area contributed by atoms with E-state index in [1.165, 1.54) is 11.3 Å². The highest BCUT2D eigenvalue weighted by Gasteiger charge is 2.16. The van der Waals surface area contributed by atoms with Gasteiger partial charge in [-0.15, -0.1) is 0 Å². The van der Waals surface area contributed by atoms with Crippen LogP contribution in [0, 0.1) is 13.8 Å². The van der Waals surface area contributed by atoms with Gasteiger partial charge < -0.3 is 0 Å². The first-order valence-corrected chi connectivity index (χ1v) is 8.19. The Morgan fingerprint density at radius 2 is 1.83 bits per heavy atom. The van der Waals surface area contributed by atoms with Crippen LogP contribution in [0.4, 0.5) is 0 Å². The molecule has 0 unspecified atom stereocenters. The highest BCUT2D eigenvalue weighted by molar-refractivity contribution is 5.61. The minimum Gasteiger partial charge on any atom is -0.297 e. The summed E-state index contributed by atoms with van der Waals surface area (Å²) in [6.07, 6.45) is 6.66. The molecule has 120 valence electrons. The van der Waals surface area contributed by atoms with Gasteiger partial charge >= 0.3 is 0 Å². The van der Waals surface area contributed by atoms with E-state index in [1.54, 1.807) is 6.08 Å². The SMILES string of the molecule is C=CC=CCc1nc(-c2cccc(C)c2)n(-c2ccccc2)c1C. The average molecular weight is 314 g/mol. The van der Waals surface area contributed by atoms with Gasteiger partial charge in [-0.2, -0.15) is 0 Å². The Bertz CT molecular complexity index is 870. The first kappa shape index (κ1) is 16.0. The second-order valence-corrected chi connectivity index (χ2v) is 5.88. The van der Waals surface area contributed by atoms with E-state index >= 15 is 0 Å². The summed E-state index contributed by atoms with van der Waals surface area (Å²) in [7, 11) is 0. The third-order valence-electron chi connectivity index (χ3n) is 4.08. The van der Waals surface area contributed by atoms with Crippen LogP contribution in [0.2, 0.25) is 0 Å². The number of allylic oxidation sites excluding steroid dienone is 3. The fourth-order valence-corrected chi connectivity index (χ4v) is 2.89. The number of nitrogens with zero attached hydrogens (tertiary/aromatic N) is 2. The lowest BCUT2D eigenvalue weighted by Gasteiger charge is -2.10. The van der Waals surface area contributed by atoms with Gasteiger partial charge in [-0.3, -0.25) is 4.57 Å². The molecule has 0 N–H and O–H groups in total. The van der Waals surface area contributed by atoms with Crippen LogP contribution in [-0.2, 0) is 6.42 Å². The van der Waals surface area contributed by atoms with Gasteiger partial charge in [0.25, 0.3) is 0 Å². The average Bonchev–Trinajstić information content (AvgIpc) is 2.93. The van der Waals surface area contributed by atoms with Crippen molar-refractivity contribution >= 4 is 0 Å². The molecular weight excluding hydrogens is 292 g/mol. The van der Waals surface area contributed by atoms with Crippen LogP contribution in [0.25, 0.3) is 17.1 Å². The molecule has 2 aromatic carbocycles. The number of imidazole rings is 1. The predicted octanol–water partition coefficient (Wildman–Crippen LogP) is 5.44. The van der Waals surface area contributed by atoms with E-state index in [0.29, 0.717) is 0 Å². The maximum atomic E-state index is 4.95. The summed E-state index contributed by atoms with van der Waals surface area (Å²) >= 11 is 0. The van der Waals surface area contributed by atoms with Crippen molar-refractivity contribution in [2.45, 2.75) is 20.3 Å². The highest BCUT2D eigenvalue weighted by atomic mass is 15.1. The maximum absolute atomic E-state index is 4.95. The molecule has 0 saturated carbocycles. The van der Waals surface area contributed by atoms with E-state index < -0.39 is 0 Å². The highest BCUT2D eigenvalue weighted by Crippen LogP contribution is 2.27. The molecular formula is C22H22N2. The monoisotopic (exact) mass is 314 g/mol. The van der Waals surface area contributed by atoms with E-state index in [1.807, 2.05) is 12.1 Å². The fraction of sp³-hybridized carbons (Fsp3) is 0.136. The number of benzene rings is 2. The summed E-state index contributed by atoms with van der Waals surface area (Å²) in [6, 6.07) is 18.9. The Morgan fingerprint density at radius 1 is 1.04 bits per heavy atom. The van der Waals surface area contributed by atoms with E-state index in [2.05, 4.69) is 79.6 Å². The molecule has 3 aromatic rings. The Balaban J connectivity index is 2.17. The molecule has 0 spiro atoms. The van der Waals surface area contributed by atoms with Crippen LogP contribution >= 0.6 is 0 Å². The standard InChI is InChI=1S/C22H22N2/c1-4-5-7-15-21-18(3)24(20-13-8-6-9-14-20)22(23-21)19-12-10-11-17(2)16-19/h4-14,16H,1,15H2,2-3H3. The summed E-state index contributed by atoms with van der Waals surface area (Å²) in [4.78, 5) is 4.95. The van der Waals surface area contributed by atoms with Gasteiger partial charge in [0.2, 0.25) is 0 Å². The first-order valence-electron chi connectivity index (χ1n) is 8.19. The normalized spacial score (nSPS) is 11.1. The van der Waals surface area contributed by atoms with Crippen LogP contribution < -0.4 is 0 Å². The smallest absolute Gasteiger partial charge is 0.145 e. The van der Waals surface area contributed by atoms with Crippen molar-refractivity contribution < 1.29 is 0 Å². The van der Waals surface area contributed by atoms with Crippen molar-refractivity contribution in [1.29, 1.82) is 0 Å². The molecule has 0 aliphatic carbocycles. The lowest BCUT2D eigenvalue weighted by molar-refractivity contribution is 1.00. The molecule has 3 rings (SSSR count). The van der Waals surface area contributed by atoms with Crippen molar-refractivity contribution in [3.63, 3.8) is 0 Å². The number of rotatable bonds is 5. The Morgan fingerprint density at radius 3 is 2.54 bits per heavy atom. The number of hydrogen-bond acceptors (Lipinski definition) is 1. The Labute approximate surface area is 143 Å². The third-order valence-corrected chi connectivity index (χ3v) is 4.08. The summed E-state index contributed by atoms with van der Waals surface area (Å²) in [5, 5.41) is 0. The summed E-state index contributed by atoms with van der Waals surface area (Å²) in [5.74, 6) is 0.990. The molecule has 0 atom stereocenters. The molecule has 1 aromatic heterocycles. The van der Waals surface area contributed by atoms with E-state index in [0.717, 1.165) is 29.2 Å². The molecule has 2 nitrogen and oxygen atoms in total. The van der Waals surface area contributed by atoms with Crippen molar-refractivity contribution in [3.8, 4) is 17.1 Å². The van der Waals surface area contributed by atoms with Gasteiger partial charge in [-0.25, -0.2) is 4.98 Å². The fourth-order valence-electron chi connectivity index (χ4n) is 2.89. The van der Waals surface area contributed by atoms with Gasteiger partial charge in [-0.05, 0) is 32.0 Å². The third kappa shape index (κ3) is 3.23. The zero-order valence-corrected chi connectivity index (χ0v) is 14.2. The minimum atomic E-state index is 0.802. The quantitative estimate of drug-likeness (QED) is 0.573. The molecule has 2 heteroatoms. The second-order valence-electron chi connectivity index (χ2n) is 5.88. The lowest BCUT2D eigenvalue weighted by atomic mass is 10.1. The predicted molar refractivity (Wildman–Crippen MR) is 102 cm³/mol. The molecule has 0 aliphatic rings. The van der Waals surface area contributed by atoms with Gasteiger partial charge in [-0.1, -0.05) is 66.8 Å². The Hall–Kier alpha value is -2.87. The molecule has 0 radical (unpaired) electrons.